The average Bonchev–Trinajstić information content (AvgIpc) is 3.08. The van der Waals surface area contributed by atoms with Crippen LogP contribution in [0, 0.1) is 0 Å². The van der Waals surface area contributed by atoms with Gasteiger partial charge in [0, 0.05) is 17.9 Å². The number of hydrogen-bond donors (Lipinski definition) is 3. The van der Waals surface area contributed by atoms with Crippen LogP contribution >= 0.6 is 11.8 Å². The molecule has 2 heterocycles. The van der Waals surface area contributed by atoms with Gasteiger partial charge in [0.25, 0.3) is 0 Å². The second kappa shape index (κ2) is 9.79. The first kappa shape index (κ1) is 22.0. The van der Waals surface area contributed by atoms with Crippen molar-refractivity contribution in [2.75, 3.05) is 12.4 Å². The molecular weight excluding hydrogens is 382 g/mol. The second-order valence-electron chi connectivity index (χ2n) is 6.70. The number of oxime groups is 1. The first-order valence-electron chi connectivity index (χ1n) is 9.07. The van der Waals surface area contributed by atoms with Crippen molar-refractivity contribution in [1.82, 2.24) is 5.32 Å². The van der Waals surface area contributed by atoms with Gasteiger partial charge in [-0.25, -0.2) is 0 Å². The number of ether oxygens (including phenoxy) is 2. The van der Waals surface area contributed by atoms with Gasteiger partial charge in [-0.05, 0) is 20.3 Å². The number of amides is 1. The summed E-state index contributed by atoms with van der Waals surface area (Å²) in [4.78, 5) is 17.4. The Morgan fingerprint density at radius 3 is 3.07 bits per heavy atom. The maximum absolute atomic E-state index is 12.9. The summed E-state index contributed by atoms with van der Waals surface area (Å²) in [6, 6.07) is -0.433. The summed E-state index contributed by atoms with van der Waals surface area (Å²) in [6.45, 7) is 9.26. The first-order valence-corrected chi connectivity index (χ1v) is 10.1. The average molecular weight is 410 g/mol. The maximum atomic E-state index is 12.9. The summed E-state index contributed by atoms with van der Waals surface area (Å²) in [7, 11) is 0. The molecule has 2 aliphatic heterocycles. The Balaban J connectivity index is 2.17. The van der Waals surface area contributed by atoms with Gasteiger partial charge in [-0.15, -0.1) is 11.8 Å². The molecule has 0 fully saturated rings. The van der Waals surface area contributed by atoms with Crippen molar-refractivity contribution in [3.8, 4) is 0 Å². The van der Waals surface area contributed by atoms with E-state index in [2.05, 4.69) is 22.0 Å². The van der Waals surface area contributed by atoms with Gasteiger partial charge in [0.15, 0.2) is 0 Å². The normalized spacial score (nSPS) is 25.8. The summed E-state index contributed by atoms with van der Waals surface area (Å²) in [6.07, 6.45) is 4.98. The molecule has 0 aromatic heterocycles. The molecule has 0 aromatic rings. The van der Waals surface area contributed by atoms with Gasteiger partial charge in [-0.1, -0.05) is 31.2 Å². The van der Waals surface area contributed by atoms with Crippen LogP contribution in [0.2, 0.25) is 0 Å². The Kier molecular flexibility index (Phi) is 7.70. The van der Waals surface area contributed by atoms with Crippen LogP contribution in [0.25, 0.3) is 0 Å². The van der Waals surface area contributed by atoms with E-state index in [0.717, 1.165) is 6.42 Å². The molecule has 0 radical (unpaired) electrons. The molecule has 28 heavy (non-hydrogen) atoms. The lowest BCUT2D eigenvalue weighted by Gasteiger charge is -2.29. The molecule has 3 N–H and O–H groups in total. The summed E-state index contributed by atoms with van der Waals surface area (Å²) < 4.78 is 11.0. The van der Waals surface area contributed by atoms with Gasteiger partial charge >= 0.3 is 0 Å². The van der Waals surface area contributed by atoms with Crippen LogP contribution in [0.5, 0.6) is 0 Å². The highest BCUT2D eigenvalue weighted by Crippen LogP contribution is 2.30. The van der Waals surface area contributed by atoms with Crippen molar-refractivity contribution in [2.24, 2.45) is 10.1 Å². The van der Waals surface area contributed by atoms with Gasteiger partial charge in [0.05, 0.1) is 6.04 Å². The summed E-state index contributed by atoms with van der Waals surface area (Å²) in [5.41, 5.74) is -0.605. The van der Waals surface area contributed by atoms with E-state index in [1.54, 1.807) is 26.0 Å². The van der Waals surface area contributed by atoms with Gasteiger partial charge in [0.1, 0.15) is 34.4 Å². The van der Waals surface area contributed by atoms with Gasteiger partial charge < -0.3 is 25.1 Å². The van der Waals surface area contributed by atoms with E-state index in [1.165, 1.54) is 17.8 Å². The fourth-order valence-electron chi connectivity index (χ4n) is 2.69. The van der Waals surface area contributed by atoms with E-state index >= 15 is 0 Å². The lowest BCUT2D eigenvalue weighted by Crippen LogP contribution is -2.49. The largest absolute Gasteiger partial charge is 0.490 e. The Hall–Kier alpha value is -2.26. The molecule has 0 aromatic carbocycles. The minimum Gasteiger partial charge on any atom is -0.490 e. The molecule has 154 valence electrons. The molecule has 2 rings (SSSR count). The highest BCUT2D eigenvalue weighted by atomic mass is 32.2. The van der Waals surface area contributed by atoms with Crippen molar-refractivity contribution in [2.45, 2.75) is 51.5 Å². The topological polar surface area (TPSA) is 113 Å². The van der Waals surface area contributed by atoms with Crippen LogP contribution in [0.4, 0.5) is 0 Å². The molecule has 2 unspecified atom stereocenters. The summed E-state index contributed by atoms with van der Waals surface area (Å²) >= 11 is 1.37. The van der Waals surface area contributed by atoms with E-state index < -0.39 is 17.9 Å². The Labute approximate surface area is 169 Å². The molecule has 2 aliphatic rings. The fraction of sp³-hybridized carbons (Fsp3) is 0.526. The van der Waals surface area contributed by atoms with Crippen molar-refractivity contribution < 1.29 is 24.6 Å². The Morgan fingerprint density at radius 2 is 2.43 bits per heavy atom. The molecule has 9 heteroatoms. The molecule has 0 saturated heterocycles. The zero-order valence-electron chi connectivity index (χ0n) is 16.3. The maximum Gasteiger partial charge on any atom is 0.249 e. The molecule has 8 nitrogen and oxygen atoms in total. The molecule has 0 bridgehead atoms. The molecule has 1 amide bonds. The van der Waals surface area contributed by atoms with Gasteiger partial charge in [-0.2, -0.15) is 0 Å². The number of aliphatic imine (C=N–C) groups is 1. The number of nitrogens with one attached hydrogen (secondary N) is 1. The molecule has 0 spiro atoms. The second-order valence-corrected chi connectivity index (χ2v) is 7.67. The van der Waals surface area contributed by atoms with Gasteiger partial charge in [-0.3, -0.25) is 9.79 Å². The van der Waals surface area contributed by atoms with Crippen LogP contribution in [-0.2, 0) is 14.3 Å². The monoisotopic (exact) mass is 409 g/mol. The highest BCUT2D eigenvalue weighted by Gasteiger charge is 2.40. The highest BCUT2D eigenvalue weighted by molar-refractivity contribution is 8.16. The fourth-order valence-corrected chi connectivity index (χ4v) is 3.82. The van der Waals surface area contributed by atoms with Crippen LogP contribution in [0.1, 0.15) is 33.6 Å². The predicted octanol–water partition coefficient (Wildman–Crippen LogP) is 2.34. The first-order chi connectivity index (χ1) is 13.3. The van der Waals surface area contributed by atoms with E-state index in [9.17, 15) is 9.90 Å². The van der Waals surface area contributed by atoms with Crippen molar-refractivity contribution >= 4 is 28.4 Å². The van der Waals surface area contributed by atoms with E-state index in [0.29, 0.717) is 41.1 Å². The zero-order chi connectivity index (χ0) is 20.7. The number of thioether (sulfide) groups is 1. The third-order valence-electron chi connectivity index (χ3n) is 4.23. The third-order valence-corrected chi connectivity index (χ3v) is 5.60. The SMILES string of the molecule is C=CCOC1=CC(O)OC([C@@H](CCC)NC(=O)C2(C)CSC(/C(C)=N/O)=N2)=C1. The predicted molar refractivity (Wildman–Crippen MR) is 109 cm³/mol. The Morgan fingerprint density at radius 1 is 1.68 bits per heavy atom. The molecule has 0 aliphatic carbocycles. The molecule has 3 atom stereocenters. The van der Waals surface area contributed by atoms with Crippen molar-refractivity contribution in [1.29, 1.82) is 0 Å². The quantitative estimate of drug-likeness (QED) is 0.233. The van der Waals surface area contributed by atoms with Crippen LogP contribution < -0.4 is 5.32 Å². The molecular formula is C19H27N3O5S. The van der Waals surface area contributed by atoms with Gasteiger partial charge in [0.2, 0.25) is 12.2 Å². The van der Waals surface area contributed by atoms with E-state index in [4.69, 9.17) is 14.7 Å². The number of aliphatic hydroxyl groups is 1. The van der Waals surface area contributed by atoms with E-state index in [-0.39, 0.29) is 5.91 Å². The number of rotatable bonds is 9. The number of carbonyl (C=O) groups excluding carboxylic acids is 1. The summed E-state index contributed by atoms with van der Waals surface area (Å²) in [5.74, 6) is 1.06. The third kappa shape index (κ3) is 5.39. The standard InChI is InChI=1S/C19H27N3O5S/c1-5-7-14(15-9-13(26-8-6-2)10-16(23)27-15)20-18(24)19(4)11-28-17(21-19)12(3)22-25/h6,9-10,14,16,23,25H,2,5,7-8,11H2,1,3-4H3,(H,20,24)/b22-12+/t14-,16?,19?/m1/s1. The lowest BCUT2D eigenvalue weighted by atomic mass is 10.0. The number of aliphatic hydroxyl groups excluding tert-OH is 1. The molecule has 0 saturated carbocycles. The Bertz CT molecular complexity index is 731. The minimum atomic E-state index is -1.15. The van der Waals surface area contributed by atoms with Crippen molar-refractivity contribution in [3.05, 3.63) is 36.3 Å². The van der Waals surface area contributed by atoms with E-state index in [1.807, 2.05) is 6.92 Å². The van der Waals surface area contributed by atoms with Crippen LogP contribution in [0.3, 0.4) is 0 Å². The van der Waals surface area contributed by atoms with Crippen molar-refractivity contribution in [3.63, 3.8) is 0 Å². The van der Waals surface area contributed by atoms with Crippen LogP contribution in [0.15, 0.2) is 46.5 Å². The zero-order valence-corrected chi connectivity index (χ0v) is 17.2. The number of nitrogens with zero attached hydrogens (tertiary/aromatic N) is 2. The smallest absolute Gasteiger partial charge is 0.249 e. The number of allylic oxidation sites excluding steroid dienone is 1. The number of carbonyl (C=O) groups is 1. The number of hydrogen-bond acceptors (Lipinski definition) is 8. The minimum absolute atomic E-state index is 0.263. The summed E-state index contributed by atoms with van der Waals surface area (Å²) in [5, 5.41) is 25.6. The lowest BCUT2D eigenvalue weighted by molar-refractivity contribution is -0.126. The van der Waals surface area contributed by atoms with Crippen LogP contribution in [-0.4, -0.2) is 57.2 Å².